The molecule has 0 bridgehead atoms. The van der Waals surface area contributed by atoms with Gasteiger partial charge in [-0.1, -0.05) is 0 Å². The second-order valence-electron chi connectivity index (χ2n) is 7.12. The minimum absolute atomic E-state index is 0.0870. The second kappa shape index (κ2) is 7.58. The third-order valence-corrected chi connectivity index (χ3v) is 5.43. The van der Waals surface area contributed by atoms with Gasteiger partial charge in [0.25, 0.3) is 5.91 Å². The van der Waals surface area contributed by atoms with Crippen molar-refractivity contribution in [3.63, 3.8) is 0 Å². The van der Waals surface area contributed by atoms with E-state index >= 15 is 0 Å². The van der Waals surface area contributed by atoms with E-state index in [4.69, 9.17) is 9.47 Å². The molecule has 1 saturated heterocycles. The number of anilines is 1. The van der Waals surface area contributed by atoms with Gasteiger partial charge in [-0.15, -0.1) is 0 Å². The van der Waals surface area contributed by atoms with Crippen molar-refractivity contribution < 1.29 is 23.9 Å². The number of carbonyl (C=O) groups is 3. The maximum atomic E-state index is 13.0. The summed E-state index contributed by atoms with van der Waals surface area (Å²) in [5, 5.41) is 0. The van der Waals surface area contributed by atoms with Crippen LogP contribution in [-0.2, 0) is 22.6 Å². The Kier molecular flexibility index (Phi) is 4.96. The number of ether oxygens (including phenoxy) is 2. The Balaban J connectivity index is 1.52. The number of hydrogen-bond acceptors (Lipinski definition) is 5. The first kappa shape index (κ1) is 19.0. The molecule has 1 fully saturated rings. The molecular formula is C22H22N2O5. The highest BCUT2D eigenvalue weighted by molar-refractivity contribution is 6.19. The average Bonchev–Trinajstić information content (AvgIpc) is 3.09. The van der Waals surface area contributed by atoms with E-state index in [1.165, 1.54) is 4.90 Å². The van der Waals surface area contributed by atoms with E-state index in [0.717, 1.165) is 17.5 Å². The Hall–Kier alpha value is -3.35. The number of methoxy groups -OCH3 is 2. The van der Waals surface area contributed by atoms with E-state index in [1.54, 1.807) is 43.4 Å². The minimum Gasteiger partial charge on any atom is -0.493 e. The molecule has 7 nitrogen and oxygen atoms in total. The van der Waals surface area contributed by atoms with Gasteiger partial charge in [0.05, 0.1) is 19.9 Å². The van der Waals surface area contributed by atoms with E-state index in [1.807, 2.05) is 12.1 Å². The molecule has 2 aromatic rings. The largest absolute Gasteiger partial charge is 0.493 e. The number of benzene rings is 2. The maximum absolute atomic E-state index is 13.0. The predicted molar refractivity (Wildman–Crippen MR) is 106 cm³/mol. The van der Waals surface area contributed by atoms with Crippen molar-refractivity contribution >= 4 is 23.4 Å². The van der Waals surface area contributed by atoms with Crippen LogP contribution in [0.5, 0.6) is 11.5 Å². The van der Waals surface area contributed by atoms with E-state index in [9.17, 15) is 14.4 Å². The topological polar surface area (TPSA) is 76.2 Å². The van der Waals surface area contributed by atoms with Gasteiger partial charge in [-0.2, -0.15) is 0 Å². The van der Waals surface area contributed by atoms with Crippen LogP contribution >= 0.6 is 0 Å². The van der Waals surface area contributed by atoms with Crippen LogP contribution in [0.3, 0.4) is 0 Å². The van der Waals surface area contributed by atoms with Gasteiger partial charge in [0.15, 0.2) is 11.5 Å². The lowest BCUT2D eigenvalue weighted by molar-refractivity contribution is -0.121. The van der Waals surface area contributed by atoms with Crippen LogP contribution in [0, 0.1) is 0 Å². The van der Waals surface area contributed by atoms with E-state index in [0.29, 0.717) is 35.8 Å². The molecule has 0 aromatic heterocycles. The first-order valence-electron chi connectivity index (χ1n) is 9.50. The Morgan fingerprint density at radius 3 is 2.03 bits per heavy atom. The van der Waals surface area contributed by atoms with Crippen LogP contribution in [0.25, 0.3) is 0 Å². The van der Waals surface area contributed by atoms with Gasteiger partial charge in [-0.05, 0) is 53.9 Å². The lowest BCUT2D eigenvalue weighted by atomic mass is 9.98. The molecule has 0 atom stereocenters. The number of nitrogens with zero attached hydrogens (tertiary/aromatic N) is 2. The van der Waals surface area contributed by atoms with Gasteiger partial charge in [0.1, 0.15) is 0 Å². The molecule has 0 spiro atoms. The third kappa shape index (κ3) is 3.44. The molecule has 2 aromatic carbocycles. The summed E-state index contributed by atoms with van der Waals surface area (Å²) in [4.78, 5) is 39.7. The molecule has 0 unspecified atom stereocenters. The molecule has 0 N–H and O–H groups in total. The number of rotatable bonds is 4. The van der Waals surface area contributed by atoms with Crippen LogP contribution in [0.4, 0.5) is 5.69 Å². The fourth-order valence-corrected chi connectivity index (χ4v) is 3.86. The zero-order valence-electron chi connectivity index (χ0n) is 16.4. The molecule has 2 heterocycles. The first-order valence-corrected chi connectivity index (χ1v) is 9.50. The van der Waals surface area contributed by atoms with Crippen LogP contribution in [0.1, 0.15) is 34.3 Å². The Bertz CT molecular complexity index is 967. The average molecular weight is 394 g/mol. The van der Waals surface area contributed by atoms with Gasteiger partial charge < -0.3 is 14.4 Å². The van der Waals surface area contributed by atoms with Gasteiger partial charge in [-0.3, -0.25) is 19.3 Å². The molecule has 0 radical (unpaired) electrons. The molecule has 3 amide bonds. The van der Waals surface area contributed by atoms with Crippen LogP contribution in [0.2, 0.25) is 0 Å². The smallest absolute Gasteiger partial charge is 0.254 e. The number of hydrogen-bond donors (Lipinski definition) is 0. The summed E-state index contributed by atoms with van der Waals surface area (Å²) < 4.78 is 10.7. The minimum atomic E-state index is -0.203. The van der Waals surface area contributed by atoms with Crippen molar-refractivity contribution in [1.29, 1.82) is 0 Å². The Morgan fingerprint density at radius 2 is 1.45 bits per heavy atom. The quantitative estimate of drug-likeness (QED) is 0.745. The number of amides is 3. The summed E-state index contributed by atoms with van der Waals surface area (Å²) >= 11 is 0. The monoisotopic (exact) mass is 394 g/mol. The Labute approximate surface area is 168 Å². The van der Waals surface area contributed by atoms with E-state index in [2.05, 4.69) is 0 Å². The van der Waals surface area contributed by atoms with Crippen molar-refractivity contribution in [1.82, 2.24) is 4.90 Å². The highest BCUT2D eigenvalue weighted by Gasteiger charge is 2.30. The molecule has 29 heavy (non-hydrogen) atoms. The summed E-state index contributed by atoms with van der Waals surface area (Å²) in [6, 6.07) is 10.5. The zero-order chi connectivity index (χ0) is 20.5. The summed E-state index contributed by atoms with van der Waals surface area (Å²) in [6.07, 6.45) is 1.21. The summed E-state index contributed by atoms with van der Waals surface area (Å²) in [7, 11) is 3.20. The van der Waals surface area contributed by atoms with Gasteiger partial charge in [-0.25, -0.2) is 0 Å². The lowest BCUT2D eigenvalue weighted by Crippen LogP contribution is -2.36. The third-order valence-electron chi connectivity index (χ3n) is 5.43. The Morgan fingerprint density at radius 1 is 0.862 bits per heavy atom. The molecule has 4 rings (SSSR count). The van der Waals surface area contributed by atoms with Crippen molar-refractivity contribution in [2.75, 3.05) is 25.7 Å². The van der Waals surface area contributed by atoms with E-state index < -0.39 is 0 Å². The number of imide groups is 1. The molecule has 0 saturated carbocycles. The second-order valence-corrected chi connectivity index (χ2v) is 7.12. The predicted octanol–water partition coefficient (Wildman–Crippen LogP) is 2.56. The lowest BCUT2D eigenvalue weighted by Gasteiger charge is -2.30. The van der Waals surface area contributed by atoms with Crippen molar-refractivity contribution in [2.24, 2.45) is 0 Å². The SMILES string of the molecule is COc1cc2c(cc1OC)CN(C(=O)c1ccc(N3C(=O)CCC3=O)cc1)CC2. The van der Waals surface area contributed by atoms with Crippen LogP contribution in [-0.4, -0.2) is 43.4 Å². The van der Waals surface area contributed by atoms with Crippen LogP contribution in [0.15, 0.2) is 36.4 Å². The highest BCUT2D eigenvalue weighted by Crippen LogP contribution is 2.33. The highest BCUT2D eigenvalue weighted by atomic mass is 16.5. The molecular weight excluding hydrogens is 372 g/mol. The molecule has 2 aliphatic rings. The molecule has 2 aliphatic heterocycles. The summed E-state index contributed by atoms with van der Waals surface area (Å²) in [5.74, 6) is 0.839. The van der Waals surface area contributed by atoms with E-state index in [-0.39, 0.29) is 30.6 Å². The fraction of sp³-hybridized carbons (Fsp3) is 0.318. The number of carbonyl (C=O) groups excluding carboxylic acids is 3. The molecule has 7 heteroatoms. The van der Waals surface area contributed by atoms with Crippen molar-refractivity contribution in [2.45, 2.75) is 25.8 Å². The first-order chi connectivity index (χ1) is 14.0. The standard InChI is InChI=1S/C22H22N2O5/c1-28-18-11-15-9-10-23(13-16(15)12-19(18)29-2)22(27)14-3-5-17(6-4-14)24-20(25)7-8-21(24)26/h3-6,11-12H,7-10,13H2,1-2H3. The normalized spacial score (nSPS) is 16.1. The molecule has 0 aliphatic carbocycles. The fourth-order valence-electron chi connectivity index (χ4n) is 3.86. The summed E-state index contributed by atoms with van der Waals surface area (Å²) in [6.45, 7) is 1.09. The number of fused-ring (bicyclic) bond motifs is 1. The van der Waals surface area contributed by atoms with Gasteiger partial charge in [0.2, 0.25) is 11.8 Å². The van der Waals surface area contributed by atoms with Gasteiger partial charge >= 0.3 is 0 Å². The zero-order valence-corrected chi connectivity index (χ0v) is 16.4. The van der Waals surface area contributed by atoms with Crippen molar-refractivity contribution in [3.8, 4) is 11.5 Å². The summed E-state index contributed by atoms with van der Waals surface area (Å²) in [5.41, 5.74) is 3.21. The van der Waals surface area contributed by atoms with Crippen molar-refractivity contribution in [3.05, 3.63) is 53.1 Å². The molecule has 150 valence electrons. The van der Waals surface area contributed by atoms with Crippen LogP contribution < -0.4 is 14.4 Å². The van der Waals surface area contributed by atoms with Gasteiger partial charge in [0, 0.05) is 31.5 Å². The maximum Gasteiger partial charge on any atom is 0.254 e.